The molecule has 0 aliphatic carbocycles. The number of ether oxygens (including phenoxy) is 1. The SMILES string of the molecule is Nc1ccn([C@@]2(C(=O)CP(=O)(O)O)CS[C@@H](CO)O2)c(=O)n1. The second-order valence-electron chi connectivity index (χ2n) is 4.58. The molecule has 5 N–H and O–H groups in total. The molecule has 0 unspecified atom stereocenters. The van der Waals surface area contributed by atoms with E-state index in [2.05, 4.69) is 4.98 Å². The Morgan fingerprint density at radius 3 is 2.82 bits per heavy atom. The van der Waals surface area contributed by atoms with Crippen LogP contribution >= 0.6 is 19.4 Å². The average Bonchev–Trinajstić information content (AvgIpc) is 2.82. The van der Waals surface area contributed by atoms with Gasteiger partial charge >= 0.3 is 13.3 Å². The van der Waals surface area contributed by atoms with E-state index >= 15 is 0 Å². The van der Waals surface area contributed by atoms with Crippen molar-refractivity contribution in [3.05, 3.63) is 22.7 Å². The molecule has 12 heteroatoms. The highest BCUT2D eigenvalue weighted by atomic mass is 32.2. The normalized spacial score (nSPS) is 25.3. The second kappa shape index (κ2) is 6.11. The predicted octanol–water partition coefficient (Wildman–Crippen LogP) is -1.69. The number of hydrogen-bond donors (Lipinski definition) is 4. The molecule has 2 rings (SSSR count). The number of aliphatic hydroxyl groups excluding tert-OH is 1. The molecule has 1 aliphatic rings. The first-order chi connectivity index (χ1) is 10.2. The van der Waals surface area contributed by atoms with E-state index in [1.165, 1.54) is 12.3 Å². The smallest absolute Gasteiger partial charge is 0.352 e. The van der Waals surface area contributed by atoms with Gasteiger partial charge in [-0.1, -0.05) is 0 Å². The number of nitrogens with two attached hydrogens (primary N) is 1. The largest absolute Gasteiger partial charge is 0.393 e. The van der Waals surface area contributed by atoms with E-state index in [0.717, 1.165) is 16.3 Å². The number of aromatic nitrogens is 2. The molecule has 1 aliphatic heterocycles. The van der Waals surface area contributed by atoms with Crippen molar-refractivity contribution in [2.24, 2.45) is 0 Å². The molecule has 1 fully saturated rings. The second-order valence-corrected chi connectivity index (χ2v) is 7.37. The summed E-state index contributed by atoms with van der Waals surface area (Å²) in [4.78, 5) is 45.8. The highest BCUT2D eigenvalue weighted by molar-refractivity contribution is 8.00. The fourth-order valence-corrected chi connectivity index (χ4v) is 3.72. The van der Waals surface area contributed by atoms with Crippen molar-refractivity contribution >= 4 is 31.0 Å². The van der Waals surface area contributed by atoms with Crippen molar-refractivity contribution in [1.29, 1.82) is 0 Å². The fourth-order valence-electron chi connectivity index (χ4n) is 1.99. The summed E-state index contributed by atoms with van der Waals surface area (Å²) in [7, 11) is -4.65. The summed E-state index contributed by atoms with van der Waals surface area (Å²) in [5.74, 6) is -1.14. The van der Waals surface area contributed by atoms with Gasteiger partial charge in [0.15, 0.2) is 5.78 Å². The summed E-state index contributed by atoms with van der Waals surface area (Å²) < 4.78 is 17.4. The van der Waals surface area contributed by atoms with E-state index in [0.29, 0.717) is 0 Å². The van der Waals surface area contributed by atoms with Gasteiger partial charge < -0.3 is 25.4 Å². The number of nitrogens with zero attached hydrogens (tertiary/aromatic N) is 2. The lowest BCUT2D eigenvalue weighted by atomic mass is 10.1. The molecule has 0 amide bonds. The van der Waals surface area contributed by atoms with Crippen LogP contribution in [-0.4, -0.2) is 54.2 Å². The van der Waals surface area contributed by atoms with E-state index in [-0.39, 0.29) is 11.6 Å². The molecule has 0 aromatic carbocycles. The molecular formula is C10H14N3O7PS. The first kappa shape index (κ1) is 17.1. The Kier molecular flexibility index (Phi) is 4.76. The van der Waals surface area contributed by atoms with Gasteiger partial charge in [0.25, 0.3) is 0 Å². The van der Waals surface area contributed by atoms with Crippen molar-refractivity contribution in [1.82, 2.24) is 9.55 Å². The quantitative estimate of drug-likeness (QED) is 0.450. The molecule has 0 spiro atoms. The van der Waals surface area contributed by atoms with Crippen LogP contribution in [0.5, 0.6) is 0 Å². The van der Waals surface area contributed by atoms with E-state index in [1.807, 2.05) is 0 Å². The maximum absolute atomic E-state index is 12.4. The zero-order valence-corrected chi connectivity index (χ0v) is 12.9. The van der Waals surface area contributed by atoms with Gasteiger partial charge in [0.1, 0.15) is 17.4 Å². The number of aliphatic hydroxyl groups is 1. The van der Waals surface area contributed by atoms with Gasteiger partial charge in [0.2, 0.25) is 5.72 Å². The Morgan fingerprint density at radius 1 is 1.64 bits per heavy atom. The minimum absolute atomic E-state index is 0.0665. The number of hydrogen-bond acceptors (Lipinski definition) is 8. The van der Waals surface area contributed by atoms with E-state index < -0.39 is 43.0 Å². The van der Waals surface area contributed by atoms with Crippen molar-refractivity contribution in [2.45, 2.75) is 11.2 Å². The van der Waals surface area contributed by atoms with Gasteiger partial charge in [0, 0.05) is 6.20 Å². The first-order valence-electron chi connectivity index (χ1n) is 6.02. The number of anilines is 1. The van der Waals surface area contributed by atoms with Crippen LogP contribution in [0.1, 0.15) is 0 Å². The minimum atomic E-state index is -4.65. The maximum Gasteiger partial charge on any atom is 0.352 e. The third-order valence-corrected chi connectivity index (χ3v) is 4.81. The van der Waals surface area contributed by atoms with Crippen molar-refractivity contribution < 1.29 is 29.0 Å². The number of ketones is 1. The fraction of sp³-hybridized carbons (Fsp3) is 0.500. The predicted molar refractivity (Wildman–Crippen MR) is 77.2 cm³/mol. The van der Waals surface area contributed by atoms with Crippen molar-refractivity contribution in [3.8, 4) is 0 Å². The van der Waals surface area contributed by atoms with Gasteiger partial charge in [0.05, 0.1) is 12.4 Å². The van der Waals surface area contributed by atoms with Crippen LogP contribution in [0.3, 0.4) is 0 Å². The highest BCUT2D eigenvalue weighted by Crippen LogP contribution is 2.42. The Balaban J connectivity index is 2.49. The third kappa shape index (κ3) is 3.40. The van der Waals surface area contributed by atoms with Gasteiger partial charge in [-0.25, -0.2) is 4.79 Å². The molecule has 0 bridgehead atoms. The zero-order chi connectivity index (χ0) is 16.5. The van der Waals surface area contributed by atoms with Crippen molar-refractivity contribution in [3.63, 3.8) is 0 Å². The highest BCUT2D eigenvalue weighted by Gasteiger charge is 2.50. The number of nitrogen functional groups attached to an aromatic ring is 1. The van der Waals surface area contributed by atoms with E-state index in [9.17, 15) is 14.2 Å². The Bertz CT molecular complexity index is 689. The number of carbonyl (C=O) groups excluding carboxylic acids is 1. The number of carbonyl (C=O) groups is 1. The Labute approximate surface area is 128 Å². The first-order valence-corrected chi connectivity index (χ1v) is 8.86. The number of rotatable bonds is 5. The van der Waals surface area contributed by atoms with E-state index in [1.54, 1.807) is 0 Å². The van der Waals surface area contributed by atoms with Gasteiger partial charge in [-0.2, -0.15) is 4.98 Å². The molecule has 0 radical (unpaired) electrons. The molecule has 1 aromatic rings. The third-order valence-electron chi connectivity index (χ3n) is 2.94. The van der Waals surface area contributed by atoms with E-state index in [4.69, 9.17) is 25.4 Å². The van der Waals surface area contributed by atoms with Crippen LogP contribution in [0.25, 0.3) is 0 Å². The molecule has 1 saturated heterocycles. The van der Waals surface area contributed by atoms with Gasteiger partial charge in [-0.3, -0.25) is 13.9 Å². The van der Waals surface area contributed by atoms with Gasteiger partial charge in [-0.05, 0) is 6.07 Å². The number of Topliss-reactive ketones (excluding diaryl/α,β-unsaturated/α-hetero) is 1. The molecule has 2 heterocycles. The van der Waals surface area contributed by atoms with Crippen LogP contribution in [0, 0.1) is 0 Å². The molecule has 122 valence electrons. The molecule has 1 aromatic heterocycles. The summed E-state index contributed by atoms with van der Waals surface area (Å²) in [6.07, 6.45) is 0.0745. The van der Waals surface area contributed by atoms with Crippen LogP contribution < -0.4 is 11.4 Å². The molecule has 0 saturated carbocycles. The topological polar surface area (TPSA) is 165 Å². The molecule has 2 atom stereocenters. The summed E-state index contributed by atoms with van der Waals surface area (Å²) in [5.41, 5.74) is 1.76. The Morgan fingerprint density at radius 2 is 2.32 bits per heavy atom. The molecule has 10 nitrogen and oxygen atoms in total. The standard InChI is InChI=1S/C10H14N3O7PS/c11-7-1-2-13(9(16)12-7)10(5-22-8(3-14)20-10)6(15)4-21(17,18)19/h1-2,8,14H,3-5H2,(H2,11,12,16)(H2,17,18,19)/t8-,10-/m0/s1. The zero-order valence-electron chi connectivity index (χ0n) is 11.2. The molecule has 22 heavy (non-hydrogen) atoms. The Hall–Kier alpha value is -1.23. The van der Waals surface area contributed by atoms with Gasteiger partial charge in [-0.15, -0.1) is 11.8 Å². The van der Waals surface area contributed by atoms with Crippen LogP contribution in [0.15, 0.2) is 17.1 Å². The summed E-state index contributed by atoms with van der Waals surface area (Å²) in [5, 5.41) is 9.14. The lowest BCUT2D eigenvalue weighted by molar-refractivity contribution is -0.155. The van der Waals surface area contributed by atoms with Crippen LogP contribution in [0.2, 0.25) is 0 Å². The summed E-state index contributed by atoms with van der Waals surface area (Å²) in [6, 6.07) is 1.26. The average molecular weight is 351 g/mol. The van der Waals surface area contributed by atoms with Crippen LogP contribution in [-0.2, 0) is 19.8 Å². The monoisotopic (exact) mass is 351 g/mol. The van der Waals surface area contributed by atoms with Crippen molar-refractivity contribution in [2.75, 3.05) is 24.3 Å². The number of thioether (sulfide) groups is 1. The van der Waals surface area contributed by atoms with Crippen LogP contribution in [0.4, 0.5) is 5.82 Å². The minimum Gasteiger partial charge on any atom is -0.393 e. The summed E-state index contributed by atoms with van der Waals surface area (Å²) >= 11 is 1.05. The molecular weight excluding hydrogens is 337 g/mol. The lowest BCUT2D eigenvalue weighted by Gasteiger charge is -2.28. The maximum atomic E-state index is 12.4. The summed E-state index contributed by atoms with van der Waals surface area (Å²) in [6.45, 7) is -0.424. The lowest BCUT2D eigenvalue weighted by Crippen LogP contribution is -2.51.